The van der Waals surface area contributed by atoms with Crippen LogP contribution in [0.4, 0.5) is 11.4 Å². The SMILES string of the molecule is CCC1(O)C(=O)OCc2c1cc1n(c2=O)Cc2c-1nc1cccc3c1c2N(C(C)c1ccccc1)C=N3. The van der Waals surface area contributed by atoms with Crippen molar-refractivity contribution in [1.82, 2.24) is 9.55 Å². The smallest absolute Gasteiger partial charge is 0.343 e. The first kappa shape index (κ1) is 21.9. The first-order chi connectivity index (χ1) is 17.9. The molecule has 0 saturated heterocycles. The number of hydrogen-bond acceptors (Lipinski definition) is 7. The normalized spacial score (nSPS) is 19.9. The number of hydrogen-bond donors (Lipinski definition) is 1. The predicted molar refractivity (Wildman–Crippen MR) is 140 cm³/mol. The third kappa shape index (κ3) is 2.87. The molecule has 5 heterocycles. The summed E-state index contributed by atoms with van der Waals surface area (Å²) in [4.78, 5) is 38.1. The molecule has 2 unspecified atom stereocenters. The van der Waals surface area contributed by atoms with E-state index in [1.165, 1.54) is 0 Å². The molecule has 2 aromatic carbocycles. The first-order valence-electron chi connectivity index (χ1n) is 12.4. The van der Waals surface area contributed by atoms with Crippen molar-refractivity contribution in [2.75, 3.05) is 4.90 Å². The summed E-state index contributed by atoms with van der Waals surface area (Å²) in [5.41, 5.74) is 4.42. The second-order valence-electron chi connectivity index (χ2n) is 9.80. The Balaban J connectivity index is 1.50. The molecule has 3 aliphatic rings. The van der Waals surface area contributed by atoms with Gasteiger partial charge in [0, 0.05) is 11.1 Å². The van der Waals surface area contributed by atoms with Crippen LogP contribution >= 0.6 is 0 Å². The van der Waals surface area contributed by atoms with Gasteiger partial charge in [0.25, 0.3) is 5.56 Å². The molecule has 37 heavy (non-hydrogen) atoms. The van der Waals surface area contributed by atoms with Gasteiger partial charge in [-0.25, -0.2) is 14.8 Å². The quantitative estimate of drug-likeness (QED) is 0.377. The molecule has 3 aliphatic heterocycles. The van der Waals surface area contributed by atoms with Crippen LogP contribution in [0.5, 0.6) is 0 Å². The molecular formula is C29H24N4O4. The van der Waals surface area contributed by atoms with Crippen molar-refractivity contribution in [2.45, 2.75) is 45.1 Å². The maximum atomic E-state index is 13.7. The molecule has 0 radical (unpaired) electrons. The zero-order valence-electron chi connectivity index (χ0n) is 20.4. The number of ether oxygens (including phenoxy) is 1. The number of aliphatic imine (C=N–C) groups is 1. The van der Waals surface area contributed by atoms with Crippen molar-refractivity contribution < 1.29 is 14.6 Å². The lowest BCUT2D eigenvalue weighted by Gasteiger charge is -2.32. The molecule has 0 saturated carbocycles. The fraction of sp³-hybridized carbons (Fsp3) is 0.241. The van der Waals surface area contributed by atoms with Crippen LogP contribution in [-0.2, 0) is 28.3 Å². The largest absolute Gasteiger partial charge is 0.458 e. The molecule has 0 fully saturated rings. The molecule has 8 heteroatoms. The Kier molecular flexibility index (Phi) is 4.51. The third-order valence-electron chi connectivity index (χ3n) is 7.94. The fourth-order valence-corrected chi connectivity index (χ4v) is 5.85. The van der Waals surface area contributed by atoms with Crippen molar-refractivity contribution in [3.05, 3.63) is 87.2 Å². The summed E-state index contributed by atoms with van der Waals surface area (Å²) in [5, 5.41) is 12.1. The Labute approximate surface area is 212 Å². The van der Waals surface area contributed by atoms with Gasteiger partial charge in [0.1, 0.15) is 6.61 Å². The highest BCUT2D eigenvalue weighted by Gasteiger charge is 2.45. The Morgan fingerprint density at radius 1 is 1.11 bits per heavy atom. The van der Waals surface area contributed by atoms with Crippen molar-refractivity contribution >= 4 is 34.6 Å². The fourth-order valence-electron chi connectivity index (χ4n) is 5.85. The lowest BCUT2D eigenvalue weighted by molar-refractivity contribution is -0.172. The van der Waals surface area contributed by atoms with Crippen molar-refractivity contribution in [3.63, 3.8) is 0 Å². The molecule has 0 aliphatic carbocycles. The first-order valence-corrected chi connectivity index (χ1v) is 12.4. The highest BCUT2D eigenvalue weighted by molar-refractivity contribution is 6.11. The van der Waals surface area contributed by atoms with E-state index >= 15 is 0 Å². The van der Waals surface area contributed by atoms with E-state index in [0.29, 0.717) is 29.1 Å². The number of fused-ring (bicyclic) bond motifs is 5. The van der Waals surface area contributed by atoms with Gasteiger partial charge in [0.15, 0.2) is 5.60 Å². The average Bonchev–Trinajstić information content (AvgIpc) is 3.30. The Morgan fingerprint density at radius 3 is 2.70 bits per heavy atom. The van der Waals surface area contributed by atoms with Crippen molar-refractivity contribution in [1.29, 1.82) is 0 Å². The molecule has 0 spiro atoms. The third-order valence-corrected chi connectivity index (χ3v) is 7.94. The van der Waals surface area contributed by atoms with Gasteiger partial charge in [-0.15, -0.1) is 0 Å². The number of cyclic esters (lactones) is 1. The molecule has 1 N–H and O–H groups in total. The molecular weight excluding hydrogens is 468 g/mol. The number of aromatic nitrogens is 2. The minimum atomic E-state index is -1.86. The maximum absolute atomic E-state index is 13.7. The minimum absolute atomic E-state index is 0.0159. The number of anilines is 1. The summed E-state index contributed by atoms with van der Waals surface area (Å²) in [5.74, 6) is -0.727. The van der Waals surface area contributed by atoms with Gasteiger partial charge >= 0.3 is 5.97 Å². The standard InChI is InChI=1S/C29H24N4O4/c1-3-29(36)20-12-23-25-18(13-32(23)27(34)19(20)14-37-28(29)35)26-24-21(10-7-11-22(24)31-25)30-15-33(26)16(2)17-8-5-4-6-9-17/h4-12,15-16,36H,3,13-14H2,1-2H3. The van der Waals surface area contributed by atoms with Crippen LogP contribution in [0.1, 0.15) is 48.6 Å². The van der Waals surface area contributed by atoms with E-state index in [2.05, 4.69) is 24.0 Å². The zero-order chi connectivity index (χ0) is 25.5. The summed E-state index contributed by atoms with van der Waals surface area (Å²) in [6.07, 6.45) is 1.96. The molecule has 0 bridgehead atoms. The molecule has 7 rings (SSSR count). The zero-order valence-corrected chi connectivity index (χ0v) is 20.4. The number of aliphatic hydroxyl groups is 1. The number of nitrogens with zero attached hydrogens (tertiary/aromatic N) is 4. The van der Waals surface area contributed by atoms with E-state index in [0.717, 1.165) is 33.4 Å². The van der Waals surface area contributed by atoms with Gasteiger partial charge in [-0.2, -0.15) is 0 Å². The summed E-state index contributed by atoms with van der Waals surface area (Å²) in [6, 6.07) is 17.8. The summed E-state index contributed by atoms with van der Waals surface area (Å²) < 4.78 is 6.89. The number of carbonyl (C=O) groups excluding carboxylic acids is 1. The van der Waals surface area contributed by atoms with Crippen molar-refractivity contribution in [3.8, 4) is 11.4 Å². The average molecular weight is 493 g/mol. The predicted octanol–water partition coefficient (Wildman–Crippen LogP) is 4.32. The molecule has 8 nitrogen and oxygen atoms in total. The van der Waals surface area contributed by atoms with Crippen LogP contribution in [0.3, 0.4) is 0 Å². The molecule has 2 atom stereocenters. The Morgan fingerprint density at radius 2 is 1.92 bits per heavy atom. The number of esters is 1. The van der Waals surface area contributed by atoms with Gasteiger partial charge in [0.05, 0.1) is 58.2 Å². The van der Waals surface area contributed by atoms with E-state index in [9.17, 15) is 14.7 Å². The van der Waals surface area contributed by atoms with Gasteiger partial charge in [-0.05, 0) is 37.1 Å². The van der Waals surface area contributed by atoms with Gasteiger partial charge in [-0.1, -0.05) is 43.3 Å². The maximum Gasteiger partial charge on any atom is 0.343 e. The van der Waals surface area contributed by atoms with E-state index < -0.39 is 11.6 Å². The topological polar surface area (TPSA) is 97.0 Å². The Bertz CT molecular complexity index is 1730. The Hall–Kier alpha value is -4.30. The molecule has 2 aromatic heterocycles. The summed E-state index contributed by atoms with van der Waals surface area (Å²) in [6.45, 7) is 4.01. The summed E-state index contributed by atoms with van der Waals surface area (Å²) >= 11 is 0. The second-order valence-corrected chi connectivity index (χ2v) is 9.80. The van der Waals surface area contributed by atoms with Gasteiger partial charge in [-0.3, -0.25) is 4.79 Å². The number of rotatable bonds is 3. The summed E-state index contributed by atoms with van der Waals surface area (Å²) in [7, 11) is 0. The van der Waals surface area contributed by atoms with E-state index in [1.807, 2.05) is 42.7 Å². The van der Waals surface area contributed by atoms with E-state index in [1.54, 1.807) is 17.6 Å². The van der Waals surface area contributed by atoms with E-state index in [-0.39, 0.29) is 24.6 Å². The number of benzene rings is 2. The monoisotopic (exact) mass is 492 g/mol. The number of pyridine rings is 2. The van der Waals surface area contributed by atoms with Crippen LogP contribution in [0.2, 0.25) is 0 Å². The molecule has 0 amide bonds. The highest BCUT2D eigenvalue weighted by atomic mass is 16.6. The second kappa shape index (κ2) is 7.60. The highest BCUT2D eigenvalue weighted by Crippen LogP contribution is 2.48. The molecule has 184 valence electrons. The van der Waals surface area contributed by atoms with Gasteiger partial charge < -0.3 is 19.3 Å². The van der Waals surface area contributed by atoms with Crippen LogP contribution in [0.15, 0.2) is 64.4 Å². The van der Waals surface area contributed by atoms with E-state index in [4.69, 9.17) is 14.7 Å². The molecule has 4 aromatic rings. The van der Waals surface area contributed by atoms with Gasteiger partial charge in [0.2, 0.25) is 0 Å². The van der Waals surface area contributed by atoms with Crippen LogP contribution in [-0.4, -0.2) is 27.0 Å². The van der Waals surface area contributed by atoms with Crippen LogP contribution < -0.4 is 10.5 Å². The minimum Gasteiger partial charge on any atom is -0.458 e. The van der Waals surface area contributed by atoms with Crippen molar-refractivity contribution in [2.24, 2.45) is 4.99 Å². The number of carbonyl (C=O) groups is 1. The van der Waals surface area contributed by atoms with Crippen LogP contribution in [0, 0.1) is 0 Å². The lowest BCUT2D eigenvalue weighted by atomic mass is 9.86. The van der Waals surface area contributed by atoms with Crippen LogP contribution in [0.25, 0.3) is 22.3 Å². The lowest BCUT2D eigenvalue weighted by Crippen LogP contribution is -2.44.